The molecule has 1 saturated carbocycles. The van der Waals surface area contributed by atoms with Gasteiger partial charge in [-0.15, -0.1) is 6.58 Å². The molecule has 0 saturated heterocycles. The highest BCUT2D eigenvalue weighted by Gasteiger charge is 2.74. The Balaban J connectivity index is 2.47. The number of hydrogen-bond donors (Lipinski definition) is 0. The summed E-state index contributed by atoms with van der Waals surface area (Å²) in [6.45, 7) is 14.7. The van der Waals surface area contributed by atoms with E-state index in [1.165, 1.54) is 21.3 Å². The van der Waals surface area contributed by atoms with Crippen LogP contribution in [0.1, 0.15) is 38.3 Å². The highest BCUT2D eigenvalue weighted by atomic mass is 28.4. The summed E-state index contributed by atoms with van der Waals surface area (Å²) in [7, 11) is 1.60. The van der Waals surface area contributed by atoms with Crippen LogP contribution in [0.4, 0.5) is 0 Å². The van der Waals surface area contributed by atoms with Crippen LogP contribution in [0, 0.1) is 11.3 Å². The molecule has 0 amide bonds. The summed E-state index contributed by atoms with van der Waals surface area (Å²) in [5.74, 6) is -2.80. The third kappa shape index (κ3) is 5.12. The van der Waals surface area contributed by atoms with Crippen LogP contribution < -0.4 is 0 Å². The van der Waals surface area contributed by atoms with Gasteiger partial charge in [-0.1, -0.05) is 51.1 Å². The minimum absolute atomic E-state index is 0.0559. The second-order valence-electron chi connectivity index (χ2n) is 10.5. The number of esters is 3. The molecular weight excluding hydrogens is 452 g/mol. The SMILES string of the molecule is C=CC1(O[Si](C)(C)C(C)(C)C)CC1(Cc1ccccc1CC(C(=O)OC)C(=O)OC)C(=O)OC. The first-order chi connectivity index (χ1) is 15.7. The zero-order valence-electron chi connectivity index (χ0n) is 21.7. The van der Waals surface area contributed by atoms with Crippen LogP contribution in [0.15, 0.2) is 36.9 Å². The minimum Gasteiger partial charge on any atom is -0.468 e. The van der Waals surface area contributed by atoms with Gasteiger partial charge in [-0.3, -0.25) is 14.4 Å². The smallest absolute Gasteiger partial charge is 0.320 e. The van der Waals surface area contributed by atoms with Crippen molar-refractivity contribution in [2.75, 3.05) is 21.3 Å². The second-order valence-corrected chi connectivity index (χ2v) is 15.2. The Morgan fingerprint density at radius 3 is 2.00 bits per heavy atom. The van der Waals surface area contributed by atoms with E-state index in [1.54, 1.807) is 6.08 Å². The van der Waals surface area contributed by atoms with Gasteiger partial charge in [0.2, 0.25) is 0 Å². The maximum atomic E-state index is 13.2. The van der Waals surface area contributed by atoms with Gasteiger partial charge in [0.1, 0.15) is 5.41 Å². The zero-order chi connectivity index (χ0) is 25.9. The van der Waals surface area contributed by atoms with E-state index in [0.717, 1.165) is 11.1 Å². The molecule has 1 aliphatic carbocycles. The van der Waals surface area contributed by atoms with Gasteiger partial charge in [0, 0.05) is 0 Å². The molecular formula is C26H38O7Si. The Kier molecular flexibility index (Phi) is 8.20. The van der Waals surface area contributed by atoms with Gasteiger partial charge in [0.25, 0.3) is 0 Å². The maximum absolute atomic E-state index is 13.2. The molecule has 0 aromatic heterocycles. The Morgan fingerprint density at radius 2 is 1.56 bits per heavy atom. The highest BCUT2D eigenvalue weighted by molar-refractivity contribution is 6.74. The van der Waals surface area contributed by atoms with E-state index >= 15 is 0 Å². The molecule has 7 nitrogen and oxygen atoms in total. The third-order valence-electron chi connectivity index (χ3n) is 7.40. The van der Waals surface area contributed by atoms with E-state index in [-0.39, 0.29) is 17.4 Å². The van der Waals surface area contributed by atoms with Gasteiger partial charge in [0.15, 0.2) is 14.2 Å². The lowest BCUT2D eigenvalue weighted by molar-refractivity contribution is -0.158. The summed E-state index contributed by atoms with van der Waals surface area (Å²) in [6.07, 6.45) is 2.61. The molecule has 1 aromatic carbocycles. The molecule has 188 valence electrons. The average molecular weight is 491 g/mol. The van der Waals surface area contributed by atoms with Crippen LogP contribution in [0.25, 0.3) is 0 Å². The molecule has 34 heavy (non-hydrogen) atoms. The summed E-state index contributed by atoms with van der Waals surface area (Å²) in [6, 6.07) is 7.42. The normalized spacial score (nSPS) is 22.1. The minimum atomic E-state index is -2.24. The summed E-state index contributed by atoms with van der Waals surface area (Å²) in [5.41, 5.74) is -0.210. The molecule has 2 unspecified atom stereocenters. The van der Waals surface area contributed by atoms with Gasteiger partial charge >= 0.3 is 17.9 Å². The number of ether oxygens (including phenoxy) is 3. The molecule has 0 N–H and O–H groups in total. The first-order valence-electron chi connectivity index (χ1n) is 11.4. The largest absolute Gasteiger partial charge is 0.468 e. The fourth-order valence-electron chi connectivity index (χ4n) is 4.20. The van der Waals surface area contributed by atoms with Crippen molar-refractivity contribution in [3.63, 3.8) is 0 Å². The predicted molar refractivity (Wildman–Crippen MR) is 132 cm³/mol. The number of benzene rings is 1. The van der Waals surface area contributed by atoms with Gasteiger partial charge in [0.05, 0.1) is 26.9 Å². The zero-order valence-corrected chi connectivity index (χ0v) is 22.7. The number of rotatable bonds is 10. The molecule has 1 aliphatic rings. The molecule has 2 atom stereocenters. The highest BCUT2D eigenvalue weighted by Crippen LogP contribution is 2.64. The van der Waals surface area contributed by atoms with Crippen LogP contribution in [0.2, 0.25) is 18.1 Å². The number of carbonyl (C=O) groups is 3. The van der Waals surface area contributed by atoms with Crippen molar-refractivity contribution in [3.8, 4) is 0 Å². The lowest BCUT2D eigenvalue weighted by Crippen LogP contribution is -2.47. The van der Waals surface area contributed by atoms with Gasteiger partial charge in [-0.2, -0.15) is 0 Å². The summed E-state index contributed by atoms with van der Waals surface area (Å²) in [4.78, 5) is 37.7. The molecule has 1 fully saturated rings. The number of hydrogen-bond acceptors (Lipinski definition) is 7. The molecule has 0 heterocycles. The average Bonchev–Trinajstić information content (AvgIpc) is 3.42. The number of methoxy groups -OCH3 is 3. The van der Waals surface area contributed by atoms with Gasteiger partial charge < -0.3 is 18.6 Å². The van der Waals surface area contributed by atoms with Crippen molar-refractivity contribution in [3.05, 3.63) is 48.0 Å². The third-order valence-corrected chi connectivity index (χ3v) is 11.9. The van der Waals surface area contributed by atoms with Crippen molar-refractivity contribution in [1.29, 1.82) is 0 Å². The Hall–Kier alpha value is -2.45. The van der Waals surface area contributed by atoms with Crippen molar-refractivity contribution >= 4 is 26.2 Å². The standard InChI is InChI=1S/C26H38O7Si/c1-10-26(33-34(8,9)24(2,3)4)17-25(26,23(29)32-7)16-19-14-12-11-13-18(19)15-20(21(27)30-5)22(28)31-6/h10-14,20H,1,15-17H2,2-9H3. The Bertz CT molecular complexity index is 933. The van der Waals surface area contributed by atoms with E-state index < -0.39 is 37.2 Å². The topological polar surface area (TPSA) is 88.1 Å². The number of carbonyl (C=O) groups excluding carboxylic acids is 3. The van der Waals surface area contributed by atoms with Crippen LogP contribution in [0.3, 0.4) is 0 Å². The lowest BCUT2D eigenvalue weighted by atomic mass is 9.87. The first kappa shape index (κ1) is 27.8. The monoisotopic (exact) mass is 490 g/mol. The van der Waals surface area contributed by atoms with E-state index in [1.807, 2.05) is 24.3 Å². The van der Waals surface area contributed by atoms with E-state index in [2.05, 4.69) is 40.4 Å². The molecule has 8 heteroatoms. The molecule has 0 bridgehead atoms. The molecule has 0 radical (unpaired) electrons. The summed E-state index contributed by atoms with van der Waals surface area (Å²) < 4.78 is 21.6. The van der Waals surface area contributed by atoms with Crippen LogP contribution in [-0.4, -0.2) is 53.2 Å². The maximum Gasteiger partial charge on any atom is 0.320 e. The fraction of sp³-hybridized carbons (Fsp3) is 0.577. The summed E-state index contributed by atoms with van der Waals surface area (Å²) in [5, 5.41) is -0.0559. The second kappa shape index (κ2) is 10.0. The molecule has 2 rings (SSSR count). The molecule has 1 aromatic rings. The van der Waals surface area contributed by atoms with Crippen molar-refractivity contribution in [2.24, 2.45) is 11.3 Å². The predicted octanol–water partition coefficient (Wildman–Crippen LogP) is 4.24. The van der Waals surface area contributed by atoms with Gasteiger partial charge in [-0.05, 0) is 48.5 Å². The Morgan fingerprint density at radius 1 is 1.03 bits per heavy atom. The van der Waals surface area contributed by atoms with Gasteiger partial charge in [-0.25, -0.2) is 0 Å². The van der Waals surface area contributed by atoms with Crippen molar-refractivity contribution in [2.45, 2.75) is 63.8 Å². The fourth-order valence-corrected chi connectivity index (χ4v) is 5.77. The molecule has 0 aliphatic heterocycles. The quantitative estimate of drug-likeness (QED) is 0.159. The molecule has 0 spiro atoms. The van der Waals surface area contributed by atoms with E-state index in [0.29, 0.717) is 12.8 Å². The van der Waals surface area contributed by atoms with Crippen LogP contribution in [-0.2, 0) is 45.9 Å². The lowest BCUT2D eigenvalue weighted by Gasteiger charge is -2.40. The van der Waals surface area contributed by atoms with Crippen molar-refractivity contribution in [1.82, 2.24) is 0 Å². The summed E-state index contributed by atoms with van der Waals surface area (Å²) >= 11 is 0. The van der Waals surface area contributed by atoms with Crippen molar-refractivity contribution < 1.29 is 33.0 Å². The Labute approximate surface area is 203 Å². The van der Waals surface area contributed by atoms with Crippen LogP contribution >= 0.6 is 0 Å². The van der Waals surface area contributed by atoms with E-state index in [4.69, 9.17) is 18.6 Å². The van der Waals surface area contributed by atoms with E-state index in [9.17, 15) is 14.4 Å². The first-order valence-corrected chi connectivity index (χ1v) is 14.3. The van der Waals surface area contributed by atoms with Crippen LogP contribution in [0.5, 0.6) is 0 Å².